The van der Waals surface area contributed by atoms with Gasteiger partial charge >= 0.3 is 6.09 Å². The molecule has 0 aliphatic carbocycles. The fraction of sp³-hybridized carbons (Fsp3) is 0.333. The lowest BCUT2D eigenvalue weighted by molar-refractivity contribution is 0.158. The topological polar surface area (TPSA) is 50.7 Å². The molecule has 0 bridgehead atoms. The largest absolute Gasteiger partial charge is 0.442 e. The molecule has 1 heterocycles. The molecule has 4 heteroatoms. The summed E-state index contributed by atoms with van der Waals surface area (Å²) in [6.45, 7) is 0.284. The number of hydrogen-bond acceptors (Lipinski definition) is 3. The van der Waals surface area contributed by atoms with Gasteiger partial charge in [0.2, 0.25) is 0 Å². The van der Waals surface area contributed by atoms with Crippen LogP contribution in [-0.4, -0.2) is 18.9 Å². The molecule has 4 nitrogen and oxygen atoms in total. The van der Waals surface area contributed by atoms with Crippen LogP contribution in [-0.2, 0) is 4.74 Å². The molecule has 1 aliphatic heterocycles. The Hall–Kier alpha value is -1.06. The van der Waals surface area contributed by atoms with Gasteiger partial charge in [0.15, 0.2) is 0 Å². The van der Waals surface area contributed by atoms with Crippen LogP contribution in [0, 0.1) is 0 Å². The van der Waals surface area contributed by atoms with E-state index < -0.39 is 6.09 Å². The first-order chi connectivity index (χ1) is 3.39. The van der Waals surface area contributed by atoms with Crippen molar-refractivity contribution >= 4 is 12.3 Å². The predicted octanol–water partition coefficient (Wildman–Crippen LogP) is -0.288. The lowest BCUT2D eigenvalue weighted by Gasteiger charge is -2.02. The van der Waals surface area contributed by atoms with Crippen molar-refractivity contribution in [3.8, 4) is 0 Å². The summed E-state index contributed by atoms with van der Waals surface area (Å²) in [6, 6.07) is 0. The van der Waals surface area contributed by atoms with Gasteiger partial charge in [0.1, 0.15) is 6.61 Å². The molecule has 0 aromatic carbocycles. The average molecular weight is 100 g/mol. The molecule has 7 heavy (non-hydrogen) atoms. The summed E-state index contributed by atoms with van der Waals surface area (Å²) in [4.78, 5) is 10.0. The third-order valence-corrected chi connectivity index (χ3v) is 0.536. The molecule has 1 N–H and O–H groups in total. The Morgan fingerprint density at radius 1 is 2.00 bits per heavy atom. The monoisotopic (exact) mass is 100 g/mol. The number of carbonyl (C=O) groups is 1. The molecule has 0 radical (unpaired) electrons. The molecule has 0 aromatic heterocycles. The summed E-state index contributed by atoms with van der Waals surface area (Å²) >= 11 is 0. The van der Waals surface area contributed by atoms with Gasteiger partial charge in [0.05, 0.1) is 6.21 Å². The molecule has 1 amide bonds. The number of ether oxygens (including phenoxy) is 1. The highest BCUT2D eigenvalue weighted by Gasteiger charge is 1.99. The minimum atomic E-state index is -0.484. The minimum absolute atomic E-state index is 0.284. The van der Waals surface area contributed by atoms with E-state index in [1.54, 1.807) is 0 Å². The second-order valence-electron chi connectivity index (χ2n) is 1.02. The van der Waals surface area contributed by atoms with Gasteiger partial charge in [-0.1, -0.05) is 0 Å². The van der Waals surface area contributed by atoms with Crippen molar-refractivity contribution in [2.45, 2.75) is 0 Å². The second kappa shape index (κ2) is 1.59. The summed E-state index contributed by atoms with van der Waals surface area (Å²) in [7, 11) is 0. The van der Waals surface area contributed by atoms with Crippen LogP contribution in [0.4, 0.5) is 4.79 Å². The van der Waals surface area contributed by atoms with E-state index in [9.17, 15) is 4.79 Å². The minimum Gasteiger partial charge on any atom is -0.442 e. The van der Waals surface area contributed by atoms with E-state index >= 15 is 0 Å². The van der Waals surface area contributed by atoms with Gasteiger partial charge in [-0.2, -0.15) is 5.10 Å². The Kier molecular flexibility index (Phi) is 0.934. The maximum absolute atomic E-state index is 10.0. The maximum Gasteiger partial charge on any atom is 0.428 e. The highest BCUT2D eigenvalue weighted by Crippen LogP contribution is 1.78. The molecule has 1 aliphatic rings. The quantitative estimate of drug-likeness (QED) is 0.454. The summed E-state index contributed by atoms with van der Waals surface area (Å²) in [5.74, 6) is 0. The molecular weight excluding hydrogens is 96.0 g/mol. The summed E-state index contributed by atoms with van der Waals surface area (Å²) < 4.78 is 4.38. The Morgan fingerprint density at radius 3 is 3.14 bits per heavy atom. The second-order valence-corrected chi connectivity index (χ2v) is 1.02. The molecule has 1 rings (SSSR count). The summed E-state index contributed by atoms with van der Waals surface area (Å²) in [5, 5.41) is 3.41. The number of hydrazone groups is 1. The van der Waals surface area contributed by atoms with Crippen LogP contribution in [0.1, 0.15) is 0 Å². The molecule has 0 saturated carbocycles. The van der Waals surface area contributed by atoms with Crippen molar-refractivity contribution in [1.82, 2.24) is 5.43 Å². The number of hydrogen-bond donors (Lipinski definition) is 1. The molecule has 0 aromatic rings. The van der Waals surface area contributed by atoms with Gasteiger partial charge in [-0.15, -0.1) is 0 Å². The fourth-order valence-electron chi connectivity index (χ4n) is 0.281. The maximum atomic E-state index is 10.0. The van der Waals surface area contributed by atoms with Crippen LogP contribution < -0.4 is 5.43 Å². The Labute approximate surface area is 40.2 Å². The van der Waals surface area contributed by atoms with E-state index in [1.807, 2.05) is 0 Å². The van der Waals surface area contributed by atoms with Crippen LogP contribution in [0.15, 0.2) is 5.10 Å². The summed E-state index contributed by atoms with van der Waals surface area (Å²) in [6.07, 6.45) is 0.990. The smallest absolute Gasteiger partial charge is 0.428 e. The van der Waals surface area contributed by atoms with E-state index in [0.717, 1.165) is 0 Å². The molecule has 0 unspecified atom stereocenters. The molecule has 0 spiro atoms. The zero-order valence-electron chi connectivity index (χ0n) is 3.55. The first kappa shape index (κ1) is 4.11. The Balaban J connectivity index is 2.47. The highest BCUT2D eigenvalue weighted by molar-refractivity contribution is 5.74. The predicted molar refractivity (Wildman–Crippen MR) is 23.0 cm³/mol. The molecule has 38 valence electrons. The van der Waals surface area contributed by atoms with Crippen molar-refractivity contribution in [2.75, 3.05) is 6.61 Å². The van der Waals surface area contributed by atoms with Gasteiger partial charge in [0, 0.05) is 0 Å². The van der Waals surface area contributed by atoms with Crippen molar-refractivity contribution in [1.29, 1.82) is 0 Å². The number of amides is 1. The van der Waals surface area contributed by atoms with Crippen molar-refractivity contribution in [2.24, 2.45) is 5.10 Å². The first-order valence-electron chi connectivity index (χ1n) is 1.84. The molecular formula is C3H4N2O2. The zero-order valence-corrected chi connectivity index (χ0v) is 3.55. The Bertz CT molecular complexity index is 110. The number of nitrogens with zero attached hydrogens (tertiary/aromatic N) is 1. The van der Waals surface area contributed by atoms with Crippen LogP contribution >= 0.6 is 0 Å². The van der Waals surface area contributed by atoms with Gasteiger partial charge in [-0.05, 0) is 0 Å². The third kappa shape index (κ3) is 0.887. The van der Waals surface area contributed by atoms with E-state index in [0.29, 0.717) is 0 Å². The van der Waals surface area contributed by atoms with Crippen LogP contribution in [0.25, 0.3) is 0 Å². The lowest BCUT2D eigenvalue weighted by Crippen LogP contribution is -2.24. The van der Waals surface area contributed by atoms with Gasteiger partial charge in [0.25, 0.3) is 0 Å². The number of cyclic esters (lactones) is 1. The average Bonchev–Trinajstić information content (AvgIpc) is 1.69. The fourth-order valence-corrected chi connectivity index (χ4v) is 0.281. The van der Waals surface area contributed by atoms with Crippen molar-refractivity contribution in [3.05, 3.63) is 0 Å². The zero-order chi connectivity index (χ0) is 5.11. The highest BCUT2D eigenvalue weighted by atomic mass is 16.6. The van der Waals surface area contributed by atoms with Gasteiger partial charge in [-0.25, -0.2) is 10.2 Å². The van der Waals surface area contributed by atoms with Gasteiger partial charge in [-0.3, -0.25) is 0 Å². The molecule has 0 fully saturated rings. The molecule has 0 atom stereocenters. The van der Waals surface area contributed by atoms with Crippen LogP contribution in [0.2, 0.25) is 0 Å². The van der Waals surface area contributed by atoms with E-state index in [2.05, 4.69) is 15.3 Å². The van der Waals surface area contributed by atoms with Crippen LogP contribution in [0.5, 0.6) is 0 Å². The van der Waals surface area contributed by atoms with E-state index in [-0.39, 0.29) is 6.61 Å². The number of nitrogens with one attached hydrogen (secondary N) is 1. The van der Waals surface area contributed by atoms with E-state index in [1.165, 1.54) is 6.21 Å². The summed E-state index contributed by atoms with van der Waals surface area (Å²) in [5.41, 5.74) is 2.09. The SMILES string of the molecule is O=C1NN=CCO1. The normalized spacial score (nSPS) is 18.0. The first-order valence-corrected chi connectivity index (χ1v) is 1.84. The number of rotatable bonds is 0. The third-order valence-electron chi connectivity index (χ3n) is 0.536. The lowest BCUT2D eigenvalue weighted by atomic mass is 10.8. The van der Waals surface area contributed by atoms with Crippen LogP contribution in [0.3, 0.4) is 0 Å². The van der Waals surface area contributed by atoms with Crippen molar-refractivity contribution < 1.29 is 9.53 Å². The standard InChI is InChI=1S/C3H4N2O2/c6-3-5-4-1-2-7-3/h1H,2H2,(H,5,6). The van der Waals surface area contributed by atoms with Gasteiger partial charge < -0.3 is 4.74 Å². The Morgan fingerprint density at radius 2 is 2.86 bits per heavy atom. The van der Waals surface area contributed by atoms with E-state index in [4.69, 9.17) is 0 Å². The molecule has 0 saturated heterocycles. The number of carbonyl (C=O) groups excluding carboxylic acids is 1. The van der Waals surface area contributed by atoms with Crippen molar-refractivity contribution in [3.63, 3.8) is 0 Å².